The molecule has 0 saturated heterocycles. The second-order valence-corrected chi connectivity index (χ2v) is 5.39. The zero-order valence-electron chi connectivity index (χ0n) is 17.0. The van der Waals surface area contributed by atoms with Crippen molar-refractivity contribution in [2.45, 2.75) is 72.4 Å². The minimum absolute atomic E-state index is 0.321. The lowest BCUT2D eigenvalue weighted by Gasteiger charge is -2.28. The third-order valence-corrected chi connectivity index (χ3v) is 1.78. The smallest absolute Gasteiger partial charge is 0.300 e. The van der Waals surface area contributed by atoms with E-state index in [9.17, 15) is 0 Å². The quantitative estimate of drug-likeness (QED) is 0.275. The Hall–Kier alpha value is -2.73. The van der Waals surface area contributed by atoms with Gasteiger partial charge in [0.25, 0.3) is 29.8 Å². The lowest BCUT2D eigenvalue weighted by molar-refractivity contribution is -0.135. The van der Waals surface area contributed by atoms with Gasteiger partial charge < -0.3 is 37.0 Å². The maximum absolute atomic E-state index is 9.00. The van der Waals surface area contributed by atoms with Crippen molar-refractivity contribution in [3.63, 3.8) is 0 Å². The second kappa shape index (κ2) is 24.3. The molecule has 0 aromatic carbocycles. The fraction of sp³-hybridized carbons (Fsp3) is 0.688. The molecule has 12 nitrogen and oxygen atoms in total. The van der Waals surface area contributed by atoms with Gasteiger partial charge in [0.05, 0.1) is 5.66 Å². The molecule has 0 aromatic heterocycles. The molecule has 0 heterocycles. The van der Waals surface area contributed by atoms with E-state index >= 15 is 0 Å². The van der Waals surface area contributed by atoms with Gasteiger partial charge in [-0.05, 0) is 12.8 Å². The number of carboxylic acids is 5. The summed E-state index contributed by atoms with van der Waals surface area (Å²) < 4.78 is 0. The lowest BCUT2D eigenvalue weighted by Crippen LogP contribution is -2.50. The second-order valence-electron chi connectivity index (χ2n) is 5.39. The maximum atomic E-state index is 9.00. The van der Waals surface area contributed by atoms with Crippen LogP contribution < -0.4 is 11.5 Å². The van der Waals surface area contributed by atoms with Gasteiger partial charge in [0.1, 0.15) is 0 Å². The largest absolute Gasteiger partial charge is 0.481 e. The molecule has 1 fully saturated rings. The first kappa shape index (κ1) is 36.2. The molecule has 0 unspecified atom stereocenters. The molecule has 1 saturated carbocycles. The van der Waals surface area contributed by atoms with E-state index in [2.05, 4.69) is 0 Å². The maximum Gasteiger partial charge on any atom is 0.300 e. The third-order valence-electron chi connectivity index (χ3n) is 1.78. The first-order valence-electron chi connectivity index (χ1n) is 7.92. The Bertz CT molecular complexity index is 353. The molecule has 0 radical (unpaired) electrons. The van der Waals surface area contributed by atoms with Gasteiger partial charge >= 0.3 is 0 Å². The Morgan fingerprint density at radius 2 is 0.679 bits per heavy atom. The predicted octanol–water partition coefficient (Wildman–Crippen LogP) is 1.02. The van der Waals surface area contributed by atoms with E-state index in [4.69, 9.17) is 61.0 Å². The monoisotopic (exact) mass is 414 g/mol. The molecular weight excluding hydrogens is 380 g/mol. The Kier molecular flexibility index (Phi) is 31.4. The van der Waals surface area contributed by atoms with Gasteiger partial charge in [0.2, 0.25) is 0 Å². The summed E-state index contributed by atoms with van der Waals surface area (Å²) in [5.41, 5.74) is 11.0. The van der Waals surface area contributed by atoms with Crippen LogP contribution in [0, 0.1) is 0 Å². The third kappa shape index (κ3) is 218. The molecule has 0 spiro atoms. The summed E-state index contributed by atoms with van der Waals surface area (Å²) in [5, 5.41) is 37.1. The van der Waals surface area contributed by atoms with Crippen LogP contribution in [0.25, 0.3) is 0 Å². The number of carbonyl (C=O) groups is 5. The van der Waals surface area contributed by atoms with Crippen LogP contribution in [0.3, 0.4) is 0 Å². The number of carboxylic acid groups (broad SMARTS) is 5. The van der Waals surface area contributed by atoms with E-state index in [-0.39, 0.29) is 5.66 Å². The highest BCUT2D eigenvalue weighted by Crippen LogP contribution is 2.20. The van der Waals surface area contributed by atoms with E-state index in [1.54, 1.807) is 0 Å². The number of aliphatic carboxylic acids is 5. The van der Waals surface area contributed by atoms with Gasteiger partial charge in [-0.2, -0.15) is 0 Å². The molecule has 0 atom stereocenters. The molecular formula is C16H34N2O10. The van der Waals surface area contributed by atoms with Crippen molar-refractivity contribution in [3.05, 3.63) is 0 Å². The van der Waals surface area contributed by atoms with Gasteiger partial charge in [-0.25, -0.2) is 0 Å². The molecule has 0 aromatic rings. The molecule has 1 aliphatic carbocycles. The van der Waals surface area contributed by atoms with Crippen LogP contribution in [0.5, 0.6) is 0 Å². The first-order valence-corrected chi connectivity index (χ1v) is 7.92. The fourth-order valence-electron chi connectivity index (χ4n) is 1.21. The Balaban J connectivity index is -0.0000000786. The summed E-state index contributed by atoms with van der Waals surface area (Å²) in [6, 6.07) is 0. The van der Waals surface area contributed by atoms with Crippen molar-refractivity contribution in [3.8, 4) is 0 Å². The number of hydrogen-bond acceptors (Lipinski definition) is 7. The van der Waals surface area contributed by atoms with E-state index in [1.807, 2.05) is 0 Å². The normalized spacial score (nSPS) is 12.4. The van der Waals surface area contributed by atoms with Gasteiger partial charge in [-0.3, -0.25) is 24.0 Å². The zero-order chi connectivity index (χ0) is 23.9. The molecule has 0 aliphatic heterocycles. The summed E-state index contributed by atoms with van der Waals surface area (Å²) in [4.78, 5) is 45.0. The molecule has 28 heavy (non-hydrogen) atoms. The minimum atomic E-state index is -0.833. The summed E-state index contributed by atoms with van der Waals surface area (Å²) in [6.07, 6.45) is 5.76. The Labute approximate surface area is 164 Å². The molecule has 1 rings (SSSR count). The topological polar surface area (TPSA) is 239 Å². The molecule has 0 amide bonds. The Morgan fingerprint density at radius 1 is 0.536 bits per heavy atom. The summed E-state index contributed by atoms with van der Waals surface area (Å²) >= 11 is 0. The molecule has 1 aliphatic rings. The average molecular weight is 414 g/mol. The van der Waals surface area contributed by atoms with Gasteiger partial charge in [-0.1, -0.05) is 19.3 Å². The zero-order valence-corrected chi connectivity index (χ0v) is 17.0. The van der Waals surface area contributed by atoms with Crippen LogP contribution in [0.15, 0.2) is 0 Å². The summed E-state index contributed by atoms with van der Waals surface area (Å²) in [5.74, 6) is -4.17. The van der Waals surface area contributed by atoms with Crippen molar-refractivity contribution in [1.29, 1.82) is 0 Å². The highest BCUT2D eigenvalue weighted by atomic mass is 16.4. The Morgan fingerprint density at radius 3 is 0.750 bits per heavy atom. The molecule has 9 N–H and O–H groups in total. The number of rotatable bonds is 0. The predicted molar refractivity (Wildman–Crippen MR) is 101 cm³/mol. The van der Waals surface area contributed by atoms with Crippen molar-refractivity contribution >= 4 is 29.8 Å². The van der Waals surface area contributed by atoms with Crippen LogP contribution in [-0.4, -0.2) is 61.0 Å². The van der Waals surface area contributed by atoms with Crippen LogP contribution in [-0.2, 0) is 24.0 Å². The molecule has 168 valence electrons. The van der Waals surface area contributed by atoms with Crippen LogP contribution in [0.1, 0.15) is 66.7 Å². The highest BCUT2D eigenvalue weighted by molar-refractivity contribution is 5.63. The highest BCUT2D eigenvalue weighted by Gasteiger charge is 2.21. The standard InChI is InChI=1S/C6H14N2.5C2H4O2/c7-6(8)4-2-1-3-5-6;5*1-2(3)4/h1-5,7-8H2;5*1H3,(H,3,4). The van der Waals surface area contributed by atoms with Crippen LogP contribution in [0.4, 0.5) is 0 Å². The number of hydrogen-bond donors (Lipinski definition) is 7. The van der Waals surface area contributed by atoms with E-state index in [1.165, 1.54) is 19.3 Å². The van der Waals surface area contributed by atoms with Crippen molar-refractivity contribution in [1.82, 2.24) is 0 Å². The summed E-state index contributed by atoms with van der Waals surface area (Å²) in [6.45, 7) is 5.42. The van der Waals surface area contributed by atoms with E-state index in [0.29, 0.717) is 0 Å². The van der Waals surface area contributed by atoms with Gasteiger partial charge in [0, 0.05) is 34.6 Å². The molecule has 0 bridgehead atoms. The average Bonchev–Trinajstić information content (AvgIpc) is 2.34. The van der Waals surface area contributed by atoms with Crippen molar-refractivity contribution < 1.29 is 49.5 Å². The van der Waals surface area contributed by atoms with E-state index in [0.717, 1.165) is 47.5 Å². The van der Waals surface area contributed by atoms with Gasteiger partial charge in [-0.15, -0.1) is 0 Å². The van der Waals surface area contributed by atoms with Crippen molar-refractivity contribution in [2.24, 2.45) is 11.5 Å². The summed E-state index contributed by atoms with van der Waals surface area (Å²) in [7, 11) is 0. The van der Waals surface area contributed by atoms with Gasteiger partial charge in [0.15, 0.2) is 0 Å². The number of nitrogens with two attached hydrogens (primary N) is 2. The van der Waals surface area contributed by atoms with Crippen LogP contribution >= 0.6 is 0 Å². The van der Waals surface area contributed by atoms with Crippen molar-refractivity contribution in [2.75, 3.05) is 0 Å². The fourth-order valence-corrected chi connectivity index (χ4v) is 1.21. The molecule has 12 heteroatoms. The minimum Gasteiger partial charge on any atom is -0.481 e. The first-order chi connectivity index (χ1) is 12.4. The lowest BCUT2D eigenvalue weighted by atomic mass is 9.91. The SMILES string of the molecule is CC(=O)O.CC(=O)O.CC(=O)O.CC(=O)O.CC(=O)O.NC1(N)CCCCC1. The van der Waals surface area contributed by atoms with Crippen LogP contribution in [0.2, 0.25) is 0 Å². The van der Waals surface area contributed by atoms with E-state index < -0.39 is 29.8 Å².